The first kappa shape index (κ1) is 16.1. The van der Waals surface area contributed by atoms with Crippen molar-refractivity contribution in [1.82, 2.24) is 0 Å². The molecule has 0 spiro atoms. The Morgan fingerprint density at radius 3 is 2.47 bits per heavy atom. The molecule has 0 aromatic heterocycles. The Hall–Kier alpha value is -0.870. The van der Waals surface area contributed by atoms with E-state index in [2.05, 4.69) is 21.1 Å². The third-order valence-corrected chi connectivity index (χ3v) is 2.40. The average Bonchev–Trinajstić information content (AvgIpc) is 2.25. The van der Waals surface area contributed by atoms with Crippen LogP contribution >= 0.6 is 0 Å². The lowest BCUT2D eigenvalue weighted by atomic mass is 10.1. The summed E-state index contributed by atoms with van der Waals surface area (Å²) in [6.45, 7) is 0.843. The largest absolute Gasteiger partial charge is 1.00 e. The number of rotatable bonds is 5. The highest BCUT2D eigenvalue weighted by Crippen LogP contribution is 2.14. The Kier molecular flexibility index (Phi) is 6.42. The number of ether oxygens (including phenoxy) is 1. The van der Waals surface area contributed by atoms with Crippen LogP contribution in [0.4, 0.5) is 0 Å². The predicted molar refractivity (Wildman–Crippen MR) is 64.8 cm³/mol. The topological polar surface area (TPSA) is 26.3 Å². The zero-order valence-corrected chi connectivity index (χ0v) is 12.5. The normalized spacial score (nSPS) is 10.6. The molecule has 0 fully saturated rings. The van der Waals surface area contributed by atoms with E-state index in [1.54, 1.807) is 13.2 Å². The van der Waals surface area contributed by atoms with Crippen molar-refractivity contribution in [3.63, 3.8) is 0 Å². The summed E-state index contributed by atoms with van der Waals surface area (Å²) in [7, 11) is 7.85. The van der Waals surface area contributed by atoms with Crippen LogP contribution in [0.25, 0.3) is 0 Å². The highest BCUT2D eigenvalue weighted by molar-refractivity contribution is 5.96. The fourth-order valence-corrected chi connectivity index (χ4v) is 1.38. The number of Topliss-reactive ketones (excluding diaryl/α,β-unsaturated/α-hetero) is 1. The number of hydrogen-bond acceptors (Lipinski definition) is 2. The van der Waals surface area contributed by atoms with Crippen molar-refractivity contribution in [2.24, 2.45) is 0 Å². The molecule has 0 aliphatic heterocycles. The fourth-order valence-electron chi connectivity index (χ4n) is 1.38. The molecule has 0 aliphatic carbocycles. The van der Waals surface area contributed by atoms with E-state index in [0.29, 0.717) is 6.42 Å². The molecule has 96 valence electrons. The molecule has 3 nitrogen and oxygen atoms in total. The minimum Gasteiger partial charge on any atom is -1.00 e. The number of halogens is 1. The third kappa shape index (κ3) is 5.84. The van der Waals surface area contributed by atoms with Gasteiger partial charge < -0.3 is 26.2 Å². The van der Waals surface area contributed by atoms with E-state index in [9.17, 15) is 4.79 Å². The van der Waals surface area contributed by atoms with E-state index in [4.69, 9.17) is 4.74 Å². The molecule has 0 N–H and O–H groups in total. The highest BCUT2D eigenvalue weighted by atomic mass is 79.9. The van der Waals surface area contributed by atoms with Crippen LogP contribution in [0.3, 0.4) is 0 Å². The smallest absolute Gasteiger partial charge is 0.168 e. The van der Waals surface area contributed by atoms with Crippen molar-refractivity contribution in [2.75, 3.05) is 34.8 Å². The van der Waals surface area contributed by atoms with E-state index < -0.39 is 0 Å². The second-order valence-corrected chi connectivity index (χ2v) is 4.92. The van der Waals surface area contributed by atoms with Gasteiger partial charge in [0.2, 0.25) is 0 Å². The van der Waals surface area contributed by atoms with Gasteiger partial charge in [-0.05, 0) is 12.1 Å². The van der Waals surface area contributed by atoms with E-state index in [1.807, 2.05) is 18.2 Å². The standard InChI is InChI=1S/C13H20NO2.BrH/c1-14(2,3)9-8-13(15)11-6-5-7-12(10-11)16-4;/h5-7,10H,8-9H2,1-4H3;1H/q+1;/p-1. The molecule has 17 heavy (non-hydrogen) atoms. The summed E-state index contributed by atoms with van der Waals surface area (Å²) in [4.78, 5) is 11.9. The van der Waals surface area contributed by atoms with Gasteiger partial charge >= 0.3 is 0 Å². The second-order valence-electron chi connectivity index (χ2n) is 4.92. The lowest BCUT2D eigenvalue weighted by Crippen LogP contribution is -3.00. The van der Waals surface area contributed by atoms with Crippen molar-refractivity contribution < 1.29 is 31.0 Å². The van der Waals surface area contributed by atoms with Crippen LogP contribution in [0.5, 0.6) is 5.75 Å². The minimum atomic E-state index is 0. The molecule has 0 atom stereocenters. The van der Waals surface area contributed by atoms with Crippen LogP contribution in [-0.4, -0.2) is 45.1 Å². The first-order valence-electron chi connectivity index (χ1n) is 5.40. The molecular weight excluding hydrogens is 282 g/mol. The highest BCUT2D eigenvalue weighted by Gasteiger charge is 2.12. The Morgan fingerprint density at radius 1 is 1.29 bits per heavy atom. The van der Waals surface area contributed by atoms with Crippen molar-refractivity contribution in [3.8, 4) is 5.75 Å². The number of nitrogens with zero attached hydrogens (tertiary/aromatic N) is 1. The predicted octanol–water partition coefficient (Wildman–Crippen LogP) is -1.02. The molecule has 0 amide bonds. The first-order chi connectivity index (χ1) is 7.42. The van der Waals surface area contributed by atoms with Crippen molar-refractivity contribution in [1.29, 1.82) is 0 Å². The monoisotopic (exact) mass is 301 g/mol. The number of benzene rings is 1. The van der Waals surface area contributed by atoms with E-state index in [1.165, 1.54) is 0 Å². The van der Waals surface area contributed by atoms with Crippen LogP contribution in [0.15, 0.2) is 24.3 Å². The van der Waals surface area contributed by atoms with Gasteiger partial charge in [-0.3, -0.25) is 4.79 Å². The molecule has 0 aliphatic rings. The quantitative estimate of drug-likeness (QED) is 0.514. The van der Waals surface area contributed by atoms with Gasteiger partial charge in [0, 0.05) is 5.56 Å². The van der Waals surface area contributed by atoms with Gasteiger partial charge in [0.25, 0.3) is 0 Å². The summed E-state index contributed by atoms with van der Waals surface area (Å²) in [5.74, 6) is 0.906. The molecule has 1 aromatic rings. The summed E-state index contributed by atoms with van der Waals surface area (Å²) < 4.78 is 5.90. The molecule has 0 saturated carbocycles. The minimum absolute atomic E-state index is 0. The van der Waals surface area contributed by atoms with Crippen LogP contribution in [0.2, 0.25) is 0 Å². The average molecular weight is 302 g/mol. The molecule has 1 rings (SSSR count). The maximum absolute atomic E-state index is 11.9. The molecule has 0 heterocycles. The Labute approximate surface area is 114 Å². The molecule has 1 aromatic carbocycles. The molecule has 0 bridgehead atoms. The SMILES string of the molecule is COc1cccc(C(=O)CC[N+](C)(C)C)c1.[Br-]. The molecule has 0 saturated heterocycles. The van der Waals surface area contributed by atoms with Gasteiger partial charge in [-0.1, -0.05) is 12.1 Å². The summed E-state index contributed by atoms with van der Waals surface area (Å²) in [6, 6.07) is 7.31. The maximum Gasteiger partial charge on any atom is 0.168 e. The van der Waals surface area contributed by atoms with Crippen molar-refractivity contribution in [2.45, 2.75) is 6.42 Å². The third-order valence-electron chi connectivity index (χ3n) is 2.40. The van der Waals surface area contributed by atoms with Gasteiger partial charge in [-0.2, -0.15) is 0 Å². The number of hydrogen-bond donors (Lipinski definition) is 0. The number of carbonyl (C=O) groups excluding carboxylic acids is 1. The number of ketones is 1. The van der Waals surface area contributed by atoms with Gasteiger partial charge in [0.1, 0.15) is 5.75 Å². The Balaban J connectivity index is 0.00000256. The van der Waals surface area contributed by atoms with E-state index >= 15 is 0 Å². The van der Waals surface area contributed by atoms with Gasteiger partial charge in [0.15, 0.2) is 5.78 Å². The van der Waals surface area contributed by atoms with Crippen LogP contribution in [-0.2, 0) is 0 Å². The summed E-state index contributed by atoms with van der Waals surface area (Å²) >= 11 is 0. The van der Waals surface area contributed by atoms with Crippen molar-refractivity contribution >= 4 is 5.78 Å². The zero-order valence-electron chi connectivity index (χ0n) is 10.9. The lowest BCUT2D eigenvalue weighted by molar-refractivity contribution is -0.869. The van der Waals surface area contributed by atoms with Crippen molar-refractivity contribution in [3.05, 3.63) is 29.8 Å². The van der Waals surface area contributed by atoms with Gasteiger partial charge in [0.05, 0.1) is 41.2 Å². The Bertz CT molecular complexity index is 372. The summed E-state index contributed by atoms with van der Waals surface area (Å²) in [5.41, 5.74) is 0.729. The molecule has 4 heteroatoms. The van der Waals surface area contributed by atoms with Crippen LogP contribution in [0, 0.1) is 0 Å². The zero-order chi connectivity index (χ0) is 12.2. The fraction of sp³-hybridized carbons (Fsp3) is 0.462. The number of quaternary nitrogens is 1. The van der Waals surface area contributed by atoms with Crippen LogP contribution in [0.1, 0.15) is 16.8 Å². The van der Waals surface area contributed by atoms with E-state index in [-0.39, 0.29) is 22.8 Å². The number of carbonyl (C=O) groups is 1. The lowest BCUT2D eigenvalue weighted by Gasteiger charge is -2.23. The van der Waals surface area contributed by atoms with Crippen LogP contribution < -0.4 is 21.7 Å². The molecule has 0 radical (unpaired) electrons. The maximum atomic E-state index is 11.9. The molecule has 0 unspecified atom stereocenters. The first-order valence-corrected chi connectivity index (χ1v) is 5.40. The second kappa shape index (κ2) is 6.77. The molecular formula is C13H20BrNO2. The van der Waals surface area contributed by atoms with Gasteiger partial charge in [-0.25, -0.2) is 0 Å². The Morgan fingerprint density at radius 2 is 1.94 bits per heavy atom. The number of methoxy groups -OCH3 is 1. The summed E-state index contributed by atoms with van der Waals surface area (Å²) in [5, 5.41) is 0. The van der Waals surface area contributed by atoms with Gasteiger partial charge in [-0.15, -0.1) is 0 Å². The van der Waals surface area contributed by atoms with E-state index in [0.717, 1.165) is 22.3 Å². The summed E-state index contributed by atoms with van der Waals surface area (Å²) in [6.07, 6.45) is 0.566.